The summed E-state index contributed by atoms with van der Waals surface area (Å²) in [5.74, 6) is 1.35. The molecule has 1 atom stereocenters. The number of hydrogen-bond acceptors (Lipinski definition) is 5. The molecule has 0 amide bonds. The molecule has 0 saturated carbocycles. The van der Waals surface area contributed by atoms with Crippen molar-refractivity contribution in [1.29, 1.82) is 0 Å². The Morgan fingerprint density at radius 3 is 2.70 bits per heavy atom. The fourth-order valence-electron chi connectivity index (χ4n) is 1.85. The molecule has 2 rings (SSSR count). The first-order valence-corrected chi connectivity index (χ1v) is 6.93. The molecule has 0 aliphatic rings. The second-order valence-corrected chi connectivity index (χ2v) is 4.57. The van der Waals surface area contributed by atoms with Crippen LogP contribution in [-0.2, 0) is 6.42 Å². The van der Waals surface area contributed by atoms with Crippen molar-refractivity contribution in [3.63, 3.8) is 0 Å². The van der Waals surface area contributed by atoms with Gasteiger partial charge in [-0.05, 0) is 25.0 Å². The molecule has 2 aromatic rings. The Labute approximate surface area is 119 Å². The van der Waals surface area contributed by atoms with Crippen molar-refractivity contribution < 1.29 is 5.11 Å². The highest BCUT2D eigenvalue weighted by Gasteiger charge is 2.10. The summed E-state index contributed by atoms with van der Waals surface area (Å²) >= 11 is 0. The molecule has 2 aromatic heterocycles. The number of nitrogens with one attached hydrogen (secondary N) is 1. The van der Waals surface area contributed by atoms with Gasteiger partial charge in [-0.2, -0.15) is 0 Å². The predicted octanol–water partition coefficient (Wildman–Crippen LogP) is 2.28. The van der Waals surface area contributed by atoms with Crippen LogP contribution in [0.1, 0.15) is 26.0 Å². The molecule has 2 N–H and O–H groups in total. The second kappa shape index (κ2) is 6.96. The van der Waals surface area contributed by atoms with Gasteiger partial charge in [0.2, 0.25) is 0 Å². The zero-order valence-corrected chi connectivity index (χ0v) is 11.9. The van der Waals surface area contributed by atoms with Gasteiger partial charge in [0.1, 0.15) is 11.5 Å². The maximum atomic E-state index is 9.28. The number of aromatic nitrogens is 3. The Hall–Kier alpha value is -2.01. The van der Waals surface area contributed by atoms with Crippen molar-refractivity contribution in [1.82, 2.24) is 15.0 Å². The van der Waals surface area contributed by atoms with E-state index in [0.717, 1.165) is 30.0 Å². The Morgan fingerprint density at radius 1 is 1.25 bits per heavy atom. The topological polar surface area (TPSA) is 70.9 Å². The lowest BCUT2D eigenvalue weighted by atomic mass is 10.2. The lowest BCUT2D eigenvalue weighted by molar-refractivity contribution is 0.271. The first-order chi connectivity index (χ1) is 9.76. The normalized spacial score (nSPS) is 12.2. The lowest BCUT2D eigenvalue weighted by Crippen LogP contribution is -2.23. The maximum absolute atomic E-state index is 9.28. The summed E-state index contributed by atoms with van der Waals surface area (Å²) in [5.41, 5.74) is 1.71. The largest absolute Gasteiger partial charge is 0.394 e. The van der Waals surface area contributed by atoms with E-state index in [1.54, 1.807) is 6.20 Å². The number of aliphatic hydroxyl groups excluding tert-OH is 1. The van der Waals surface area contributed by atoms with Crippen LogP contribution in [0, 0.1) is 0 Å². The Morgan fingerprint density at radius 2 is 2.10 bits per heavy atom. The van der Waals surface area contributed by atoms with Gasteiger partial charge in [-0.3, -0.25) is 4.98 Å². The number of hydrogen-bond donors (Lipinski definition) is 2. The summed E-state index contributed by atoms with van der Waals surface area (Å²) in [6.45, 7) is 4.16. The number of aliphatic hydroxyl groups is 1. The van der Waals surface area contributed by atoms with Gasteiger partial charge in [0.25, 0.3) is 0 Å². The first kappa shape index (κ1) is 14.4. The van der Waals surface area contributed by atoms with Crippen molar-refractivity contribution >= 4 is 5.82 Å². The third-order valence-corrected chi connectivity index (χ3v) is 3.10. The summed E-state index contributed by atoms with van der Waals surface area (Å²) in [4.78, 5) is 13.3. The van der Waals surface area contributed by atoms with Gasteiger partial charge >= 0.3 is 0 Å². The van der Waals surface area contributed by atoms with Gasteiger partial charge < -0.3 is 10.4 Å². The minimum absolute atomic E-state index is 0.00573. The van der Waals surface area contributed by atoms with E-state index in [1.807, 2.05) is 31.2 Å². The van der Waals surface area contributed by atoms with Crippen molar-refractivity contribution in [3.05, 3.63) is 36.2 Å². The van der Waals surface area contributed by atoms with Crippen molar-refractivity contribution in [2.24, 2.45) is 0 Å². The third kappa shape index (κ3) is 3.51. The summed E-state index contributed by atoms with van der Waals surface area (Å²) in [7, 11) is 0. The van der Waals surface area contributed by atoms with Crippen LogP contribution in [0.25, 0.3) is 11.5 Å². The Kier molecular flexibility index (Phi) is 5.01. The van der Waals surface area contributed by atoms with E-state index in [2.05, 4.69) is 27.2 Å². The zero-order chi connectivity index (χ0) is 14.4. The minimum Gasteiger partial charge on any atom is -0.394 e. The molecule has 0 spiro atoms. The van der Waals surface area contributed by atoms with Crippen molar-refractivity contribution in [2.45, 2.75) is 32.7 Å². The van der Waals surface area contributed by atoms with E-state index in [-0.39, 0.29) is 12.6 Å². The second-order valence-electron chi connectivity index (χ2n) is 4.57. The van der Waals surface area contributed by atoms with Crippen LogP contribution < -0.4 is 5.32 Å². The number of anilines is 1. The summed E-state index contributed by atoms with van der Waals surface area (Å²) in [6, 6.07) is 7.60. The standard InChI is InChI=1S/C15H20N4O/c1-3-11-9-14(17-12(4-2)10-20)19-15(18-11)13-7-5-6-8-16-13/h5-9,12,20H,3-4,10H2,1-2H3,(H,17,18,19). The molecule has 0 fully saturated rings. The summed E-state index contributed by atoms with van der Waals surface area (Å²) in [6.07, 6.45) is 3.39. The van der Waals surface area contributed by atoms with Gasteiger partial charge in [-0.1, -0.05) is 19.9 Å². The van der Waals surface area contributed by atoms with Crippen LogP contribution in [0.5, 0.6) is 0 Å². The lowest BCUT2D eigenvalue weighted by Gasteiger charge is -2.15. The van der Waals surface area contributed by atoms with Gasteiger partial charge in [-0.15, -0.1) is 0 Å². The van der Waals surface area contributed by atoms with E-state index >= 15 is 0 Å². The smallest absolute Gasteiger partial charge is 0.180 e. The minimum atomic E-state index is 0.00573. The van der Waals surface area contributed by atoms with E-state index in [4.69, 9.17) is 0 Å². The number of pyridine rings is 1. The van der Waals surface area contributed by atoms with Crippen LogP contribution in [-0.4, -0.2) is 32.7 Å². The SMILES string of the molecule is CCc1cc(NC(CC)CO)nc(-c2ccccn2)n1. The van der Waals surface area contributed by atoms with Gasteiger partial charge in [0.15, 0.2) is 5.82 Å². The number of rotatable bonds is 6. The third-order valence-electron chi connectivity index (χ3n) is 3.10. The molecular weight excluding hydrogens is 252 g/mol. The quantitative estimate of drug-likeness (QED) is 0.844. The molecule has 1 unspecified atom stereocenters. The molecule has 20 heavy (non-hydrogen) atoms. The predicted molar refractivity (Wildman–Crippen MR) is 79.4 cm³/mol. The summed E-state index contributed by atoms with van der Waals surface area (Å²) < 4.78 is 0. The molecular formula is C15H20N4O. The average Bonchev–Trinajstić information content (AvgIpc) is 2.53. The molecule has 0 bridgehead atoms. The maximum Gasteiger partial charge on any atom is 0.180 e. The Bertz CT molecular complexity index is 541. The molecule has 0 aromatic carbocycles. The number of nitrogens with zero attached hydrogens (tertiary/aromatic N) is 3. The van der Waals surface area contributed by atoms with E-state index < -0.39 is 0 Å². The van der Waals surface area contributed by atoms with Crippen LogP contribution >= 0.6 is 0 Å². The molecule has 5 heteroatoms. The van der Waals surface area contributed by atoms with E-state index in [9.17, 15) is 5.11 Å². The van der Waals surface area contributed by atoms with Gasteiger partial charge in [0.05, 0.1) is 12.6 Å². The van der Waals surface area contributed by atoms with Crippen molar-refractivity contribution in [2.75, 3.05) is 11.9 Å². The highest BCUT2D eigenvalue weighted by molar-refractivity contribution is 5.53. The van der Waals surface area contributed by atoms with E-state index in [1.165, 1.54) is 0 Å². The van der Waals surface area contributed by atoms with Crippen molar-refractivity contribution in [3.8, 4) is 11.5 Å². The molecule has 106 valence electrons. The molecule has 2 heterocycles. The van der Waals surface area contributed by atoms with Crippen LogP contribution in [0.2, 0.25) is 0 Å². The van der Waals surface area contributed by atoms with Gasteiger partial charge in [-0.25, -0.2) is 9.97 Å². The average molecular weight is 272 g/mol. The molecule has 0 aliphatic heterocycles. The molecule has 0 radical (unpaired) electrons. The molecule has 0 aliphatic carbocycles. The highest BCUT2D eigenvalue weighted by atomic mass is 16.3. The fourth-order valence-corrected chi connectivity index (χ4v) is 1.85. The monoisotopic (exact) mass is 272 g/mol. The highest BCUT2D eigenvalue weighted by Crippen LogP contribution is 2.17. The van der Waals surface area contributed by atoms with E-state index in [0.29, 0.717) is 5.82 Å². The van der Waals surface area contributed by atoms with Crippen LogP contribution in [0.3, 0.4) is 0 Å². The summed E-state index contributed by atoms with van der Waals surface area (Å²) in [5, 5.41) is 12.5. The number of aryl methyl sites for hydroxylation is 1. The van der Waals surface area contributed by atoms with Crippen LogP contribution in [0.15, 0.2) is 30.5 Å². The fraction of sp³-hybridized carbons (Fsp3) is 0.400. The first-order valence-electron chi connectivity index (χ1n) is 6.93. The van der Waals surface area contributed by atoms with Crippen LogP contribution in [0.4, 0.5) is 5.82 Å². The molecule has 0 saturated heterocycles. The molecule has 5 nitrogen and oxygen atoms in total. The van der Waals surface area contributed by atoms with Gasteiger partial charge in [0, 0.05) is 18.0 Å². The Balaban J connectivity index is 2.34. The zero-order valence-electron chi connectivity index (χ0n) is 11.9.